The zero-order valence-corrected chi connectivity index (χ0v) is 9.34. The summed E-state index contributed by atoms with van der Waals surface area (Å²) in [7, 11) is 0. The van der Waals surface area contributed by atoms with Gasteiger partial charge in [0, 0.05) is 0 Å². The second-order valence-electron chi connectivity index (χ2n) is 3.44. The van der Waals surface area contributed by atoms with E-state index in [4.69, 9.17) is 17.0 Å². The zero-order chi connectivity index (χ0) is 12.3. The van der Waals surface area contributed by atoms with Crippen LogP contribution >= 0.6 is 0 Å². The molecule has 0 spiro atoms. The summed E-state index contributed by atoms with van der Waals surface area (Å²) >= 11 is 0. The second kappa shape index (κ2) is 4.68. The van der Waals surface area contributed by atoms with E-state index in [2.05, 4.69) is 21.3 Å². The third-order valence-corrected chi connectivity index (χ3v) is 2.22. The SMILES string of the molecule is C#CC(C)Oc1nc(NN)nc2ccccc12. The summed E-state index contributed by atoms with van der Waals surface area (Å²) < 4.78 is 5.54. The van der Waals surface area contributed by atoms with Gasteiger partial charge in [0.25, 0.3) is 0 Å². The minimum atomic E-state index is -0.362. The molecular weight excluding hydrogens is 216 g/mol. The zero-order valence-electron chi connectivity index (χ0n) is 9.34. The van der Waals surface area contributed by atoms with E-state index in [1.807, 2.05) is 24.3 Å². The summed E-state index contributed by atoms with van der Waals surface area (Å²) in [5.41, 5.74) is 3.14. The van der Waals surface area contributed by atoms with Crippen molar-refractivity contribution >= 4 is 16.9 Å². The highest BCUT2D eigenvalue weighted by atomic mass is 16.5. The molecule has 1 aromatic heterocycles. The largest absolute Gasteiger partial charge is 0.461 e. The van der Waals surface area contributed by atoms with Crippen molar-refractivity contribution in [2.45, 2.75) is 13.0 Å². The fourth-order valence-corrected chi connectivity index (χ4v) is 1.40. The van der Waals surface area contributed by atoms with Crippen molar-refractivity contribution in [3.63, 3.8) is 0 Å². The lowest BCUT2D eigenvalue weighted by molar-refractivity contribution is 0.272. The lowest BCUT2D eigenvalue weighted by Crippen LogP contribution is -2.14. The van der Waals surface area contributed by atoms with Crippen LogP contribution in [0, 0.1) is 12.3 Å². The molecule has 17 heavy (non-hydrogen) atoms. The van der Waals surface area contributed by atoms with Crippen molar-refractivity contribution in [3.05, 3.63) is 24.3 Å². The van der Waals surface area contributed by atoms with E-state index in [1.54, 1.807) is 6.92 Å². The van der Waals surface area contributed by atoms with Crippen LogP contribution in [0.5, 0.6) is 5.88 Å². The fraction of sp³-hybridized carbons (Fsp3) is 0.167. The van der Waals surface area contributed by atoms with E-state index in [9.17, 15) is 0 Å². The van der Waals surface area contributed by atoms with E-state index < -0.39 is 0 Å². The van der Waals surface area contributed by atoms with Crippen molar-refractivity contribution in [2.75, 3.05) is 5.43 Å². The Kier molecular flexibility index (Phi) is 3.08. The van der Waals surface area contributed by atoms with Crippen LogP contribution in [0.2, 0.25) is 0 Å². The molecule has 5 nitrogen and oxygen atoms in total. The Morgan fingerprint density at radius 1 is 1.41 bits per heavy atom. The molecule has 0 saturated heterocycles. The third-order valence-electron chi connectivity index (χ3n) is 2.22. The van der Waals surface area contributed by atoms with Crippen molar-refractivity contribution < 1.29 is 4.74 Å². The molecule has 0 aliphatic rings. The first-order chi connectivity index (χ1) is 8.24. The van der Waals surface area contributed by atoms with Crippen LogP contribution in [-0.4, -0.2) is 16.1 Å². The molecule has 5 heteroatoms. The smallest absolute Gasteiger partial charge is 0.241 e. The lowest BCUT2D eigenvalue weighted by atomic mass is 10.2. The van der Waals surface area contributed by atoms with Crippen LogP contribution < -0.4 is 16.0 Å². The number of fused-ring (bicyclic) bond motifs is 1. The monoisotopic (exact) mass is 228 g/mol. The van der Waals surface area contributed by atoms with Crippen LogP contribution in [0.25, 0.3) is 10.9 Å². The maximum atomic E-state index is 5.54. The second-order valence-corrected chi connectivity index (χ2v) is 3.44. The van der Waals surface area contributed by atoms with Gasteiger partial charge in [-0.15, -0.1) is 6.42 Å². The molecule has 1 aromatic carbocycles. The highest BCUT2D eigenvalue weighted by Gasteiger charge is 2.09. The number of ether oxygens (including phenoxy) is 1. The van der Waals surface area contributed by atoms with E-state index in [1.165, 1.54) is 0 Å². The number of para-hydroxylation sites is 1. The van der Waals surface area contributed by atoms with Gasteiger partial charge in [-0.25, -0.2) is 10.8 Å². The molecule has 0 aliphatic carbocycles. The molecule has 86 valence electrons. The molecule has 3 N–H and O–H groups in total. The van der Waals surface area contributed by atoms with Crippen LogP contribution in [0.1, 0.15) is 6.92 Å². The number of terminal acetylenes is 1. The van der Waals surface area contributed by atoms with Gasteiger partial charge in [-0.1, -0.05) is 18.1 Å². The lowest BCUT2D eigenvalue weighted by Gasteiger charge is -2.11. The first kappa shape index (κ1) is 11.2. The molecule has 1 heterocycles. The highest BCUT2D eigenvalue weighted by Crippen LogP contribution is 2.24. The summed E-state index contributed by atoms with van der Waals surface area (Å²) in [6.07, 6.45) is 4.91. The number of nitrogens with two attached hydrogens (primary N) is 1. The summed E-state index contributed by atoms with van der Waals surface area (Å²) in [6, 6.07) is 7.48. The van der Waals surface area contributed by atoms with E-state index in [0.29, 0.717) is 11.8 Å². The molecule has 1 atom stereocenters. The Morgan fingerprint density at radius 3 is 2.88 bits per heavy atom. The molecule has 0 saturated carbocycles. The van der Waals surface area contributed by atoms with Crippen LogP contribution in [0.3, 0.4) is 0 Å². The van der Waals surface area contributed by atoms with Crippen molar-refractivity contribution in [2.24, 2.45) is 5.84 Å². The van der Waals surface area contributed by atoms with Crippen LogP contribution in [0.15, 0.2) is 24.3 Å². The molecule has 0 bridgehead atoms. The maximum absolute atomic E-state index is 5.54. The highest BCUT2D eigenvalue weighted by molar-refractivity contribution is 5.84. The number of benzene rings is 1. The molecule has 1 unspecified atom stereocenters. The van der Waals surface area contributed by atoms with E-state index >= 15 is 0 Å². The number of hydrazine groups is 1. The van der Waals surface area contributed by atoms with Gasteiger partial charge in [0.1, 0.15) is 0 Å². The Bertz CT molecular complexity index is 576. The number of nitrogen functional groups attached to an aromatic ring is 1. The van der Waals surface area contributed by atoms with Gasteiger partial charge in [0.05, 0.1) is 10.9 Å². The minimum Gasteiger partial charge on any atom is -0.461 e. The summed E-state index contributed by atoms with van der Waals surface area (Å²) in [5.74, 6) is 8.50. The number of nitrogens with zero attached hydrogens (tertiary/aromatic N) is 2. The van der Waals surface area contributed by atoms with Crippen molar-refractivity contribution in [1.29, 1.82) is 0 Å². The Morgan fingerprint density at radius 2 is 2.18 bits per heavy atom. The Labute approximate surface area is 99.0 Å². The number of nitrogens with one attached hydrogen (secondary N) is 1. The van der Waals surface area contributed by atoms with Gasteiger partial charge in [-0.2, -0.15) is 4.98 Å². The van der Waals surface area contributed by atoms with Gasteiger partial charge in [-0.3, -0.25) is 5.43 Å². The minimum absolute atomic E-state index is 0.294. The number of rotatable bonds is 3. The predicted molar refractivity (Wildman–Crippen MR) is 66.3 cm³/mol. The van der Waals surface area contributed by atoms with E-state index in [-0.39, 0.29) is 6.10 Å². The fourth-order valence-electron chi connectivity index (χ4n) is 1.40. The summed E-state index contributed by atoms with van der Waals surface area (Å²) in [5, 5.41) is 0.800. The summed E-state index contributed by atoms with van der Waals surface area (Å²) in [4.78, 5) is 8.35. The first-order valence-corrected chi connectivity index (χ1v) is 5.10. The Balaban J connectivity index is 2.55. The van der Waals surface area contributed by atoms with Gasteiger partial charge in [0.15, 0.2) is 6.10 Å². The normalized spacial score (nSPS) is 11.8. The molecule has 2 rings (SSSR count). The average Bonchev–Trinajstić information content (AvgIpc) is 2.38. The van der Waals surface area contributed by atoms with Crippen molar-refractivity contribution in [1.82, 2.24) is 9.97 Å². The van der Waals surface area contributed by atoms with Gasteiger partial charge >= 0.3 is 0 Å². The standard InChI is InChI=1S/C12H12N4O/c1-3-8(2)17-11-9-6-4-5-7-10(9)14-12(15-11)16-13/h1,4-8H,13H2,2H3,(H,14,15,16). The number of hydrogen-bond donors (Lipinski definition) is 2. The Hall–Kier alpha value is -2.32. The maximum Gasteiger partial charge on any atom is 0.241 e. The molecule has 0 fully saturated rings. The van der Waals surface area contributed by atoms with Crippen molar-refractivity contribution in [3.8, 4) is 18.2 Å². The first-order valence-electron chi connectivity index (χ1n) is 5.10. The quantitative estimate of drug-likeness (QED) is 0.471. The number of hydrogen-bond acceptors (Lipinski definition) is 5. The molecule has 0 radical (unpaired) electrons. The number of anilines is 1. The third kappa shape index (κ3) is 2.27. The summed E-state index contributed by atoms with van der Waals surface area (Å²) in [6.45, 7) is 1.77. The van der Waals surface area contributed by atoms with Gasteiger partial charge in [0.2, 0.25) is 11.8 Å². The van der Waals surface area contributed by atoms with Crippen LogP contribution in [0.4, 0.5) is 5.95 Å². The van der Waals surface area contributed by atoms with Crippen LogP contribution in [-0.2, 0) is 0 Å². The molecule has 2 aromatic rings. The van der Waals surface area contributed by atoms with E-state index in [0.717, 1.165) is 10.9 Å². The molecule has 0 aliphatic heterocycles. The topological polar surface area (TPSA) is 73.1 Å². The average molecular weight is 228 g/mol. The van der Waals surface area contributed by atoms with Gasteiger partial charge in [-0.05, 0) is 19.1 Å². The number of aromatic nitrogens is 2. The molecule has 0 amide bonds. The molecular formula is C12H12N4O. The van der Waals surface area contributed by atoms with Gasteiger partial charge < -0.3 is 4.74 Å². The predicted octanol–water partition coefficient (Wildman–Crippen LogP) is 1.32.